The number of carboxylic acids is 1. The number of esters is 1. The molecular formula is C28H32N2O8S. The molecule has 0 aliphatic carbocycles. The maximum Gasteiger partial charge on any atom is 0.414 e. The van der Waals surface area contributed by atoms with E-state index in [0.717, 1.165) is 0 Å². The molecule has 2 heterocycles. The summed E-state index contributed by atoms with van der Waals surface area (Å²) in [6.07, 6.45) is -1.45. The molecule has 10 nitrogen and oxygen atoms in total. The van der Waals surface area contributed by atoms with Crippen molar-refractivity contribution in [2.75, 3.05) is 11.4 Å². The summed E-state index contributed by atoms with van der Waals surface area (Å²) in [5.74, 6) is -2.32. The van der Waals surface area contributed by atoms with Gasteiger partial charge in [-0.2, -0.15) is 0 Å². The second-order valence-corrected chi connectivity index (χ2v) is 11.2. The van der Waals surface area contributed by atoms with Crippen LogP contribution in [0.2, 0.25) is 0 Å². The third kappa shape index (κ3) is 6.60. The Hall–Kier alpha value is -3.41. The quantitative estimate of drug-likeness (QED) is 0.373. The van der Waals surface area contributed by atoms with E-state index < -0.39 is 35.8 Å². The Balaban J connectivity index is 1.76. The number of hydrogen-bond donors (Lipinski definition) is 2. The Kier molecular flexibility index (Phi) is 8.63. The van der Waals surface area contributed by atoms with E-state index in [1.54, 1.807) is 69.6 Å². The molecule has 0 spiro atoms. The predicted molar refractivity (Wildman–Crippen MR) is 147 cm³/mol. The van der Waals surface area contributed by atoms with Crippen molar-refractivity contribution in [2.24, 2.45) is 4.99 Å². The van der Waals surface area contributed by atoms with Crippen LogP contribution in [0.3, 0.4) is 0 Å². The molecule has 0 aromatic heterocycles. The number of aromatic carboxylic acids is 1. The fourth-order valence-corrected chi connectivity index (χ4v) is 5.51. The largest absolute Gasteiger partial charge is 0.477 e. The van der Waals surface area contributed by atoms with Gasteiger partial charge in [-0.3, -0.25) is 9.89 Å². The highest BCUT2D eigenvalue weighted by Gasteiger charge is 2.41. The first-order chi connectivity index (χ1) is 18.5. The predicted octanol–water partition coefficient (Wildman–Crippen LogP) is 4.53. The van der Waals surface area contributed by atoms with Crippen LogP contribution in [0.25, 0.3) is 0 Å². The zero-order valence-electron chi connectivity index (χ0n) is 22.2. The molecule has 0 unspecified atom stereocenters. The molecule has 2 aliphatic heterocycles. The van der Waals surface area contributed by atoms with Crippen molar-refractivity contribution in [1.29, 1.82) is 0 Å². The Morgan fingerprint density at radius 1 is 1.15 bits per heavy atom. The zero-order chi connectivity index (χ0) is 28.3. The topological polar surface area (TPSA) is 135 Å². The van der Waals surface area contributed by atoms with E-state index in [2.05, 4.69) is 4.99 Å². The molecule has 0 saturated carbocycles. The Morgan fingerprint density at radius 3 is 2.51 bits per heavy atom. The van der Waals surface area contributed by atoms with Gasteiger partial charge in [0.25, 0.3) is 0 Å². The minimum Gasteiger partial charge on any atom is -0.477 e. The van der Waals surface area contributed by atoms with Crippen LogP contribution in [0.5, 0.6) is 5.75 Å². The number of hydrogen-bond acceptors (Lipinski definition) is 9. The van der Waals surface area contributed by atoms with Gasteiger partial charge in [-0.15, -0.1) is 0 Å². The number of carbonyl (C=O) groups excluding carboxylic acids is 2. The number of carboxylic acid groups (broad SMARTS) is 1. The number of fused-ring (bicyclic) bond motifs is 1. The summed E-state index contributed by atoms with van der Waals surface area (Å²) < 4.78 is 17.3. The molecule has 11 heteroatoms. The maximum atomic E-state index is 13.3. The van der Waals surface area contributed by atoms with Crippen molar-refractivity contribution >= 4 is 41.0 Å². The van der Waals surface area contributed by atoms with Gasteiger partial charge in [-0.1, -0.05) is 36.0 Å². The molecule has 0 radical (unpaired) electrons. The monoisotopic (exact) mass is 556 g/mol. The molecule has 4 atom stereocenters. The SMILES string of the molecule is CCN(C(=O)OC(C)(C)C)c1c(C[C@@H]2C[C@@H](O)[C@H]3N=CS[C@H]3O2)ccc(OC(=O)c2ccccc2)c1C(=O)O. The van der Waals surface area contributed by atoms with Gasteiger partial charge in [0.15, 0.2) is 0 Å². The minimum absolute atomic E-state index is 0.0492. The molecular weight excluding hydrogens is 524 g/mol. The summed E-state index contributed by atoms with van der Waals surface area (Å²) in [6.45, 7) is 6.92. The Morgan fingerprint density at radius 2 is 1.87 bits per heavy atom. The minimum atomic E-state index is -1.38. The van der Waals surface area contributed by atoms with Crippen LogP contribution in [0.1, 0.15) is 60.4 Å². The van der Waals surface area contributed by atoms with Gasteiger partial charge in [0.1, 0.15) is 28.4 Å². The standard InChI is InChI=1S/C28H32N2O8S/c1-5-30(27(35)38-28(2,3)4)23-17(13-18-14-19(31)22-26(36-18)39-15-29-22)11-12-20(21(23)24(32)33)37-25(34)16-9-7-6-8-10-16/h6-12,15,18-19,22,26,31H,5,13-14H2,1-4H3,(H,32,33)/t18-,19-,22-,26-/m1/s1. The van der Waals surface area contributed by atoms with Gasteiger partial charge in [-0.05, 0) is 51.5 Å². The van der Waals surface area contributed by atoms with Crippen molar-refractivity contribution in [3.63, 3.8) is 0 Å². The first kappa shape index (κ1) is 28.6. The molecule has 0 bridgehead atoms. The molecule has 2 aliphatic rings. The second kappa shape index (κ2) is 11.8. The third-order valence-electron chi connectivity index (χ3n) is 6.23. The van der Waals surface area contributed by atoms with E-state index in [4.69, 9.17) is 14.2 Å². The number of carbonyl (C=O) groups is 3. The number of nitrogens with zero attached hydrogens (tertiary/aromatic N) is 2. The lowest BCUT2D eigenvalue weighted by atomic mass is 9.94. The van der Waals surface area contributed by atoms with E-state index in [9.17, 15) is 24.6 Å². The number of aliphatic imine (C=N–C) groups is 1. The average Bonchev–Trinajstić information content (AvgIpc) is 3.34. The van der Waals surface area contributed by atoms with E-state index in [1.807, 2.05) is 0 Å². The summed E-state index contributed by atoms with van der Waals surface area (Å²) in [6, 6.07) is 10.9. The van der Waals surface area contributed by atoms with Crippen LogP contribution in [0.15, 0.2) is 47.5 Å². The molecule has 1 fully saturated rings. The van der Waals surface area contributed by atoms with Gasteiger partial charge >= 0.3 is 18.0 Å². The summed E-state index contributed by atoms with van der Waals surface area (Å²) in [5.41, 5.74) is 0.891. The van der Waals surface area contributed by atoms with Crippen molar-refractivity contribution in [3.8, 4) is 5.75 Å². The summed E-state index contributed by atoms with van der Waals surface area (Å²) in [5, 5.41) is 20.9. The number of thioether (sulfide) groups is 1. The van der Waals surface area contributed by atoms with Crippen molar-refractivity contribution in [1.82, 2.24) is 0 Å². The molecule has 208 valence electrons. The highest BCUT2D eigenvalue weighted by Crippen LogP contribution is 2.39. The van der Waals surface area contributed by atoms with E-state index in [-0.39, 0.29) is 53.4 Å². The molecule has 1 amide bonds. The smallest absolute Gasteiger partial charge is 0.414 e. The van der Waals surface area contributed by atoms with Crippen molar-refractivity contribution in [3.05, 3.63) is 59.2 Å². The molecule has 2 aromatic carbocycles. The van der Waals surface area contributed by atoms with Gasteiger partial charge < -0.3 is 24.4 Å². The second-order valence-electron chi connectivity index (χ2n) is 10.2. The third-order valence-corrected chi connectivity index (χ3v) is 7.13. The van der Waals surface area contributed by atoms with Crippen LogP contribution in [0, 0.1) is 0 Å². The van der Waals surface area contributed by atoms with Crippen molar-refractivity contribution in [2.45, 2.75) is 69.8 Å². The van der Waals surface area contributed by atoms with Gasteiger partial charge in [0.05, 0.1) is 29.0 Å². The normalized spacial score (nSPS) is 22.2. The molecule has 4 rings (SSSR count). The number of benzene rings is 2. The van der Waals surface area contributed by atoms with Crippen LogP contribution in [-0.4, -0.2) is 69.6 Å². The number of anilines is 1. The maximum absolute atomic E-state index is 13.3. The lowest BCUT2D eigenvalue weighted by molar-refractivity contribution is -0.0688. The van der Waals surface area contributed by atoms with Gasteiger partial charge in [0, 0.05) is 19.4 Å². The van der Waals surface area contributed by atoms with E-state index in [1.165, 1.54) is 22.7 Å². The fraction of sp³-hybridized carbons (Fsp3) is 0.429. The van der Waals surface area contributed by atoms with Crippen LogP contribution < -0.4 is 9.64 Å². The number of ether oxygens (including phenoxy) is 3. The van der Waals surface area contributed by atoms with Gasteiger partial charge in [0.2, 0.25) is 0 Å². The van der Waals surface area contributed by atoms with Crippen LogP contribution in [-0.2, 0) is 15.9 Å². The molecule has 1 saturated heterocycles. The summed E-state index contributed by atoms with van der Waals surface area (Å²) >= 11 is 1.38. The van der Waals surface area contributed by atoms with Crippen LogP contribution >= 0.6 is 11.8 Å². The highest BCUT2D eigenvalue weighted by molar-refractivity contribution is 8.12. The summed E-state index contributed by atoms with van der Waals surface area (Å²) in [4.78, 5) is 44.3. The molecule has 39 heavy (non-hydrogen) atoms. The number of aliphatic hydroxyl groups excluding tert-OH is 1. The number of rotatable bonds is 7. The number of aliphatic hydroxyl groups is 1. The lowest BCUT2D eigenvalue weighted by Crippen LogP contribution is -2.45. The highest BCUT2D eigenvalue weighted by atomic mass is 32.2. The molecule has 2 aromatic rings. The average molecular weight is 557 g/mol. The van der Waals surface area contributed by atoms with Crippen molar-refractivity contribution < 1.29 is 38.8 Å². The van der Waals surface area contributed by atoms with Crippen LogP contribution in [0.4, 0.5) is 10.5 Å². The lowest BCUT2D eigenvalue weighted by Gasteiger charge is -2.35. The Labute approximate surface area is 231 Å². The number of amides is 1. The van der Waals surface area contributed by atoms with Gasteiger partial charge in [-0.25, -0.2) is 14.4 Å². The summed E-state index contributed by atoms with van der Waals surface area (Å²) in [7, 11) is 0. The first-order valence-electron chi connectivity index (χ1n) is 12.7. The van der Waals surface area contributed by atoms with E-state index in [0.29, 0.717) is 5.56 Å². The molecule has 2 N–H and O–H groups in total. The fourth-order valence-electron chi connectivity index (χ4n) is 4.55. The first-order valence-corrected chi connectivity index (χ1v) is 13.6. The Bertz CT molecular complexity index is 1260. The zero-order valence-corrected chi connectivity index (χ0v) is 23.0. The van der Waals surface area contributed by atoms with E-state index >= 15 is 0 Å².